The molecule has 1 N–H and O–H groups in total. The Morgan fingerprint density at radius 2 is 1.67 bits per heavy atom. The summed E-state index contributed by atoms with van der Waals surface area (Å²) < 4.78 is 16.5. The summed E-state index contributed by atoms with van der Waals surface area (Å²) in [5.74, 6) is 0.910. The van der Waals surface area contributed by atoms with E-state index in [4.69, 9.17) is 14.2 Å². The molecule has 0 amide bonds. The largest absolute Gasteiger partial charge is 0.494 e. The molecule has 21 heavy (non-hydrogen) atoms. The van der Waals surface area contributed by atoms with Crippen LogP contribution in [0, 0.1) is 0 Å². The van der Waals surface area contributed by atoms with Gasteiger partial charge in [-0.3, -0.25) is 0 Å². The molecule has 0 heterocycles. The summed E-state index contributed by atoms with van der Waals surface area (Å²) in [6.45, 7) is 10.5. The van der Waals surface area contributed by atoms with Gasteiger partial charge in [-0.05, 0) is 44.5 Å². The lowest BCUT2D eigenvalue weighted by molar-refractivity contribution is 0.0433. The third-order valence-corrected chi connectivity index (χ3v) is 3.09. The zero-order chi connectivity index (χ0) is 15.3. The molecule has 1 rings (SSSR count). The van der Waals surface area contributed by atoms with E-state index in [2.05, 4.69) is 24.4 Å². The molecule has 0 aliphatic rings. The maximum atomic E-state index is 5.71. The Morgan fingerprint density at radius 1 is 0.952 bits per heavy atom. The molecule has 0 radical (unpaired) electrons. The SMILES string of the molecule is CCCNC(COCCOCC)c1ccc(OCC)cc1. The fraction of sp³-hybridized carbons (Fsp3) is 0.647. The lowest BCUT2D eigenvalue weighted by Crippen LogP contribution is -2.27. The molecular weight excluding hydrogens is 266 g/mol. The summed E-state index contributed by atoms with van der Waals surface area (Å²) in [7, 11) is 0. The highest BCUT2D eigenvalue weighted by atomic mass is 16.5. The summed E-state index contributed by atoms with van der Waals surface area (Å²) in [6.07, 6.45) is 1.10. The van der Waals surface area contributed by atoms with Gasteiger partial charge in [0.1, 0.15) is 5.75 Å². The molecule has 1 atom stereocenters. The fourth-order valence-electron chi connectivity index (χ4n) is 2.02. The van der Waals surface area contributed by atoms with Crippen molar-refractivity contribution in [2.75, 3.05) is 39.6 Å². The zero-order valence-electron chi connectivity index (χ0n) is 13.6. The third-order valence-electron chi connectivity index (χ3n) is 3.09. The van der Waals surface area contributed by atoms with Crippen LogP contribution in [0.25, 0.3) is 0 Å². The van der Waals surface area contributed by atoms with Crippen molar-refractivity contribution in [2.24, 2.45) is 0 Å². The summed E-state index contributed by atoms with van der Waals surface area (Å²) in [5, 5.41) is 3.52. The molecule has 0 aliphatic carbocycles. The standard InChI is InChI=1S/C17H29NO3/c1-4-11-18-17(14-20-13-12-19-5-2)15-7-9-16(10-8-15)21-6-3/h7-10,17-18H,4-6,11-14H2,1-3H3. The van der Waals surface area contributed by atoms with Gasteiger partial charge < -0.3 is 19.5 Å². The average molecular weight is 295 g/mol. The van der Waals surface area contributed by atoms with Crippen LogP contribution in [-0.4, -0.2) is 39.6 Å². The second-order valence-electron chi connectivity index (χ2n) is 4.78. The van der Waals surface area contributed by atoms with Crippen molar-refractivity contribution in [1.82, 2.24) is 5.32 Å². The van der Waals surface area contributed by atoms with Gasteiger partial charge in [0.2, 0.25) is 0 Å². The summed E-state index contributed by atoms with van der Waals surface area (Å²) in [5.41, 5.74) is 1.23. The van der Waals surface area contributed by atoms with Gasteiger partial charge in [-0.25, -0.2) is 0 Å². The Hall–Kier alpha value is -1.10. The molecular formula is C17H29NO3. The highest BCUT2D eigenvalue weighted by Crippen LogP contribution is 2.18. The van der Waals surface area contributed by atoms with E-state index in [1.54, 1.807) is 0 Å². The van der Waals surface area contributed by atoms with Gasteiger partial charge in [-0.1, -0.05) is 19.1 Å². The molecule has 0 aliphatic heterocycles. The molecule has 0 saturated heterocycles. The van der Waals surface area contributed by atoms with E-state index in [1.807, 2.05) is 26.0 Å². The van der Waals surface area contributed by atoms with Crippen LogP contribution in [0.4, 0.5) is 0 Å². The molecule has 0 bridgehead atoms. The Bertz CT molecular complexity index is 354. The van der Waals surface area contributed by atoms with E-state index >= 15 is 0 Å². The van der Waals surface area contributed by atoms with E-state index in [0.29, 0.717) is 26.4 Å². The van der Waals surface area contributed by atoms with Gasteiger partial charge in [0.05, 0.1) is 32.5 Å². The maximum absolute atomic E-state index is 5.71. The van der Waals surface area contributed by atoms with Gasteiger partial charge in [0.25, 0.3) is 0 Å². The van der Waals surface area contributed by atoms with Crippen LogP contribution in [0.3, 0.4) is 0 Å². The van der Waals surface area contributed by atoms with Crippen molar-refractivity contribution in [3.63, 3.8) is 0 Å². The van der Waals surface area contributed by atoms with Gasteiger partial charge in [-0.2, -0.15) is 0 Å². The fourth-order valence-corrected chi connectivity index (χ4v) is 2.02. The first kappa shape index (κ1) is 18.0. The minimum Gasteiger partial charge on any atom is -0.494 e. The minimum atomic E-state index is 0.210. The van der Waals surface area contributed by atoms with Crippen LogP contribution >= 0.6 is 0 Å². The first-order valence-electron chi connectivity index (χ1n) is 7.93. The molecule has 0 fully saturated rings. The summed E-state index contributed by atoms with van der Waals surface area (Å²) in [4.78, 5) is 0. The summed E-state index contributed by atoms with van der Waals surface area (Å²) >= 11 is 0. The predicted octanol–water partition coefficient (Wildman–Crippen LogP) is 3.18. The molecule has 4 heteroatoms. The quantitative estimate of drug-likeness (QED) is 0.601. The van der Waals surface area contributed by atoms with Crippen LogP contribution in [0.5, 0.6) is 5.75 Å². The molecule has 0 aromatic heterocycles. The zero-order valence-corrected chi connectivity index (χ0v) is 13.6. The Balaban J connectivity index is 2.50. The second kappa shape index (κ2) is 11.5. The Labute approximate surface area is 128 Å². The number of rotatable bonds is 12. The van der Waals surface area contributed by atoms with Crippen molar-refractivity contribution in [3.8, 4) is 5.75 Å². The number of nitrogens with one attached hydrogen (secondary N) is 1. The molecule has 120 valence electrons. The van der Waals surface area contributed by atoms with Crippen LogP contribution in [-0.2, 0) is 9.47 Å². The molecule has 1 aromatic rings. The topological polar surface area (TPSA) is 39.7 Å². The third kappa shape index (κ3) is 7.46. The highest BCUT2D eigenvalue weighted by molar-refractivity contribution is 5.29. The molecule has 4 nitrogen and oxygen atoms in total. The van der Waals surface area contributed by atoms with E-state index in [-0.39, 0.29) is 6.04 Å². The van der Waals surface area contributed by atoms with Crippen molar-refractivity contribution in [2.45, 2.75) is 33.2 Å². The Kier molecular flexibility index (Phi) is 9.87. The number of benzene rings is 1. The lowest BCUT2D eigenvalue weighted by Gasteiger charge is -2.19. The number of hydrogen-bond acceptors (Lipinski definition) is 4. The molecule has 0 saturated carbocycles. The van der Waals surface area contributed by atoms with Gasteiger partial charge in [0, 0.05) is 6.61 Å². The molecule has 1 aromatic carbocycles. The molecule has 1 unspecified atom stereocenters. The van der Waals surface area contributed by atoms with Crippen LogP contribution in [0.2, 0.25) is 0 Å². The van der Waals surface area contributed by atoms with Crippen LogP contribution in [0.1, 0.15) is 38.8 Å². The predicted molar refractivity (Wildman–Crippen MR) is 86.0 cm³/mol. The first-order chi connectivity index (χ1) is 10.3. The monoisotopic (exact) mass is 295 g/mol. The van der Waals surface area contributed by atoms with Gasteiger partial charge in [0.15, 0.2) is 0 Å². The van der Waals surface area contributed by atoms with Gasteiger partial charge >= 0.3 is 0 Å². The minimum absolute atomic E-state index is 0.210. The maximum Gasteiger partial charge on any atom is 0.119 e. The number of hydrogen-bond donors (Lipinski definition) is 1. The molecule has 0 spiro atoms. The van der Waals surface area contributed by atoms with Crippen molar-refractivity contribution in [3.05, 3.63) is 29.8 Å². The second-order valence-corrected chi connectivity index (χ2v) is 4.78. The van der Waals surface area contributed by atoms with E-state index in [0.717, 1.165) is 25.3 Å². The number of ether oxygens (including phenoxy) is 3. The lowest BCUT2D eigenvalue weighted by atomic mass is 10.1. The van der Waals surface area contributed by atoms with Crippen molar-refractivity contribution >= 4 is 0 Å². The van der Waals surface area contributed by atoms with Crippen molar-refractivity contribution in [1.29, 1.82) is 0 Å². The normalized spacial score (nSPS) is 12.3. The highest BCUT2D eigenvalue weighted by Gasteiger charge is 2.11. The summed E-state index contributed by atoms with van der Waals surface area (Å²) in [6, 6.07) is 8.44. The van der Waals surface area contributed by atoms with E-state index in [9.17, 15) is 0 Å². The van der Waals surface area contributed by atoms with Crippen molar-refractivity contribution < 1.29 is 14.2 Å². The Morgan fingerprint density at radius 3 is 2.29 bits per heavy atom. The van der Waals surface area contributed by atoms with Crippen LogP contribution in [0.15, 0.2) is 24.3 Å². The van der Waals surface area contributed by atoms with Crippen LogP contribution < -0.4 is 10.1 Å². The average Bonchev–Trinajstić information content (AvgIpc) is 2.51. The smallest absolute Gasteiger partial charge is 0.119 e. The van der Waals surface area contributed by atoms with E-state index in [1.165, 1.54) is 5.56 Å². The van der Waals surface area contributed by atoms with E-state index < -0.39 is 0 Å². The van der Waals surface area contributed by atoms with Gasteiger partial charge in [-0.15, -0.1) is 0 Å². The first-order valence-corrected chi connectivity index (χ1v) is 7.93.